The number of aryl methyl sites for hydroxylation is 1. The number of halogens is 2. The molecule has 13 heteroatoms. The van der Waals surface area contributed by atoms with E-state index in [9.17, 15) is 14.3 Å². The Morgan fingerprint density at radius 3 is 2.63 bits per heavy atom. The van der Waals surface area contributed by atoms with Gasteiger partial charge in [-0.2, -0.15) is 14.3 Å². The van der Waals surface area contributed by atoms with Crippen molar-refractivity contribution in [1.29, 1.82) is 0 Å². The number of β-amino-alcohol motifs (C(OH)–C–C–N with tert-alkyl or cyclic N) is 1. The molecule has 3 atom stereocenters. The van der Waals surface area contributed by atoms with E-state index in [-0.39, 0.29) is 47.1 Å². The Morgan fingerprint density at radius 2 is 1.92 bits per heavy atom. The second-order valence-electron chi connectivity index (χ2n) is 11.3. The van der Waals surface area contributed by atoms with Crippen molar-refractivity contribution < 1.29 is 13.9 Å². The largest absolute Gasteiger partial charge is 0.392 e. The van der Waals surface area contributed by atoms with Gasteiger partial charge in [0.15, 0.2) is 11.6 Å². The quantitative estimate of drug-likeness (QED) is 0.443. The molecule has 2 saturated heterocycles. The lowest BCUT2D eigenvalue weighted by Gasteiger charge is -2.47. The highest BCUT2D eigenvalue weighted by Crippen LogP contribution is 2.44. The van der Waals surface area contributed by atoms with E-state index in [1.54, 1.807) is 0 Å². The lowest BCUT2D eigenvalue weighted by atomic mass is 9.84. The zero-order valence-corrected chi connectivity index (χ0v) is 21.5. The Bertz CT molecular complexity index is 1430. The van der Waals surface area contributed by atoms with Gasteiger partial charge in [-0.1, -0.05) is 0 Å². The average molecular weight is 528 g/mol. The van der Waals surface area contributed by atoms with Crippen LogP contribution in [-0.4, -0.2) is 70.0 Å². The molecule has 0 unspecified atom stereocenters. The second-order valence-corrected chi connectivity index (χ2v) is 11.3. The highest BCUT2D eigenvalue weighted by molar-refractivity contribution is 5.62. The summed E-state index contributed by atoms with van der Waals surface area (Å²) in [6, 6.07) is 3.03. The molecule has 0 bridgehead atoms. The number of piperidine rings is 1. The number of hydrogen-bond donors (Lipinski definition) is 3. The minimum absolute atomic E-state index is 0.0115. The first-order valence-corrected chi connectivity index (χ1v) is 12.9. The molecule has 3 fully saturated rings. The van der Waals surface area contributed by atoms with E-state index >= 15 is 4.39 Å². The molecular weight excluding hydrogens is 496 g/mol. The third kappa shape index (κ3) is 4.53. The van der Waals surface area contributed by atoms with Gasteiger partial charge in [0.25, 0.3) is 0 Å². The van der Waals surface area contributed by atoms with Gasteiger partial charge in [0.2, 0.25) is 5.95 Å². The van der Waals surface area contributed by atoms with Crippen molar-refractivity contribution in [3.63, 3.8) is 0 Å². The number of nitrogens with zero attached hydrogens (tertiary/aromatic N) is 7. The number of anilines is 3. The molecule has 2 aromatic heterocycles. The van der Waals surface area contributed by atoms with Gasteiger partial charge in [0.05, 0.1) is 23.7 Å². The van der Waals surface area contributed by atoms with Crippen LogP contribution in [-0.2, 0) is 7.05 Å². The highest BCUT2D eigenvalue weighted by atomic mass is 19.1. The van der Waals surface area contributed by atoms with E-state index in [2.05, 4.69) is 49.8 Å². The zero-order valence-electron chi connectivity index (χ0n) is 21.5. The number of aromatic nitrogens is 6. The number of benzene rings is 1. The predicted octanol–water partition coefficient (Wildman–Crippen LogP) is 2.44. The van der Waals surface area contributed by atoms with Crippen LogP contribution in [0.5, 0.6) is 0 Å². The summed E-state index contributed by atoms with van der Waals surface area (Å²) in [6.45, 7) is 4.90. The average Bonchev–Trinajstić information content (AvgIpc) is 3.55. The molecule has 6 rings (SSSR count). The van der Waals surface area contributed by atoms with Gasteiger partial charge in [-0.3, -0.25) is 4.90 Å². The van der Waals surface area contributed by atoms with Crippen molar-refractivity contribution in [3.8, 4) is 5.69 Å². The topological polar surface area (TPSA) is 126 Å². The zero-order chi connectivity index (χ0) is 26.8. The van der Waals surface area contributed by atoms with Gasteiger partial charge in [-0.05, 0) is 80.0 Å². The summed E-state index contributed by atoms with van der Waals surface area (Å²) >= 11 is 0. The number of nitrogens with one attached hydrogen (secondary N) is 2. The van der Waals surface area contributed by atoms with E-state index in [1.165, 1.54) is 19.2 Å². The summed E-state index contributed by atoms with van der Waals surface area (Å²) in [6.07, 6.45) is 4.68. The number of tetrazole rings is 1. The van der Waals surface area contributed by atoms with E-state index in [1.807, 2.05) is 0 Å². The summed E-state index contributed by atoms with van der Waals surface area (Å²) < 4.78 is 32.2. The minimum atomic E-state index is -0.612. The van der Waals surface area contributed by atoms with E-state index in [4.69, 9.17) is 0 Å². The van der Waals surface area contributed by atoms with Gasteiger partial charge < -0.3 is 15.7 Å². The standard InChI is InChI=1S/C25H31F2N9O2/c1-25(2)10-14(6-15-7-16(37)12-35(15)25)29-22-19(27)11-28-23(31-22)30-20-9-21(36-24(38)34(3)32-33-36)17(8-18(20)26)13-4-5-13/h8-9,11,13-16,37H,4-7,10,12H2,1-3H3,(H2,28,29,30,31)/t14-,15-,16-/m1/s1. The third-order valence-electron chi connectivity index (χ3n) is 7.89. The summed E-state index contributed by atoms with van der Waals surface area (Å²) in [5.41, 5.74) is 0.544. The Hall–Kier alpha value is -3.45. The van der Waals surface area contributed by atoms with Crippen LogP contribution in [0.15, 0.2) is 23.1 Å². The van der Waals surface area contributed by atoms with E-state index < -0.39 is 17.3 Å². The minimum Gasteiger partial charge on any atom is -0.392 e. The van der Waals surface area contributed by atoms with Gasteiger partial charge in [-0.15, -0.1) is 0 Å². The first-order chi connectivity index (χ1) is 18.1. The molecule has 202 valence electrons. The monoisotopic (exact) mass is 527 g/mol. The molecule has 0 radical (unpaired) electrons. The molecule has 1 aliphatic carbocycles. The molecule has 1 saturated carbocycles. The van der Waals surface area contributed by atoms with Crippen molar-refractivity contribution in [3.05, 3.63) is 46.0 Å². The molecule has 3 aliphatic rings. The normalized spacial score (nSPS) is 24.8. The number of fused-ring (bicyclic) bond motifs is 1. The maximum atomic E-state index is 15.2. The maximum Gasteiger partial charge on any atom is 0.368 e. The van der Waals surface area contributed by atoms with Crippen molar-refractivity contribution in [2.75, 3.05) is 17.2 Å². The fourth-order valence-electron chi connectivity index (χ4n) is 5.98. The van der Waals surface area contributed by atoms with Crippen molar-refractivity contribution in [2.45, 2.75) is 75.6 Å². The molecule has 11 nitrogen and oxygen atoms in total. The number of rotatable bonds is 6. The van der Waals surface area contributed by atoms with Crippen LogP contribution in [0.4, 0.5) is 26.2 Å². The van der Waals surface area contributed by atoms with E-state index in [0.29, 0.717) is 24.2 Å². The summed E-state index contributed by atoms with van der Waals surface area (Å²) in [5.74, 6) is -0.965. The molecule has 3 N–H and O–H groups in total. The molecule has 1 aromatic carbocycles. The molecule has 3 aromatic rings. The molecule has 38 heavy (non-hydrogen) atoms. The maximum absolute atomic E-state index is 15.2. The Balaban J connectivity index is 1.26. The fraction of sp³-hybridized carbons (Fsp3) is 0.560. The van der Waals surface area contributed by atoms with Crippen molar-refractivity contribution >= 4 is 17.5 Å². The SMILES string of the molecule is Cn1nnn(-c2cc(Nc3ncc(F)c(N[C@@H]4C[C@@H]5C[C@@H](O)CN5C(C)(C)C4)n3)c(F)cc2C2CC2)c1=O. The Kier molecular flexibility index (Phi) is 5.94. The molecule has 0 amide bonds. The van der Waals surface area contributed by atoms with Crippen LogP contribution in [0.25, 0.3) is 5.69 Å². The van der Waals surface area contributed by atoms with Crippen LogP contribution in [0, 0.1) is 11.6 Å². The van der Waals surface area contributed by atoms with Crippen LogP contribution in [0.1, 0.15) is 57.4 Å². The van der Waals surface area contributed by atoms with Gasteiger partial charge in [-0.25, -0.2) is 18.6 Å². The first-order valence-electron chi connectivity index (χ1n) is 12.9. The fourth-order valence-corrected chi connectivity index (χ4v) is 5.98. The lowest BCUT2D eigenvalue weighted by molar-refractivity contribution is 0.0440. The molecule has 4 heterocycles. The second kappa shape index (κ2) is 9.09. The Labute approximate surface area is 217 Å². The third-order valence-corrected chi connectivity index (χ3v) is 7.89. The number of aliphatic hydroxyl groups excluding tert-OH is 1. The molecule has 2 aliphatic heterocycles. The predicted molar refractivity (Wildman–Crippen MR) is 136 cm³/mol. The molecular formula is C25H31F2N9O2. The van der Waals surface area contributed by atoms with Gasteiger partial charge >= 0.3 is 5.69 Å². The van der Waals surface area contributed by atoms with Crippen LogP contribution in [0.3, 0.4) is 0 Å². The lowest BCUT2D eigenvalue weighted by Crippen LogP contribution is -2.55. The smallest absolute Gasteiger partial charge is 0.368 e. The number of aliphatic hydroxyl groups is 1. The Morgan fingerprint density at radius 1 is 1.13 bits per heavy atom. The summed E-state index contributed by atoms with van der Waals surface area (Å²) in [5, 5.41) is 23.9. The first kappa shape index (κ1) is 24.9. The van der Waals surface area contributed by atoms with Crippen molar-refractivity contribution in [1.82, 2.24) is 34.7 Å². The summed E-state index contributed by atoms with van der Waals surface area (Å²) in [4.78, 5) is 23.2. The van der Waals surface area contributed by atoms with Crippen LogP contribution in [0.2, 0.25) is 0 Å². The van der Waals surface area contributed by atoms with Gasteiger partial charge in [0, 0.05) is 31.2 Å². The van der Waals surface area contributed by atoms with Crippen molar-refractivity contribution in [2.24, 2.45) is 7.05 Å². The number of hydrogen-bond acceptors (Lipinski definition) is 9. The molecule has 0 spiro atoms. The van der Waals surface area contributed by atoms with Gasteiger partial charge in [0.1, 0.15) is 5.82 Å². The van der Waals surface area contributed by atoms with E-state index in [0.717, 1.165) is 41.2 Å². The van der Waals surface area contributed by atoms with Crippen LogP contribution < -0.4 is 16.3 Å². The highest BCUT2D eigenvalue weighted by Gasteiger charge is 2.45. The summed E-state index contributed by atoms with van der Waals surface area (Å²) in [7, 11) is 1.49. The van der Waals surface area contributed by atoms with Crippen LogP contribution >= 0.6 is 0 Å².